The highest BCUT2D eigenvalue weighted by Gasteiger charge is 2.09. The largest absolute Gasteiger partial charge is 0.491 e. The van der Waals surface area contributed by atoms with Crippen molar-refractivity contribution in [2.45, 2.75) is 6.92 Å². The zero-order valence-corrected chi connectivity index (χ0v) is 12.8. The minimum absolute atomic E-state index is 0.233. The molecule has 108 valence electrons. The number of hydrogen-bond acceptors (Lipinski definition) is 4. The second-order valence-corrected chi connectivity index (χ2v) is 5.09. The molecule has 0 atom stereocenters. The Bertz CT molecular complexity index is 790. The van der Waals surface area contributed by atoms with Crippen LogP contribution in [0.1, 0.15) is 6.92 Å². The number of nitrogens with zero attached hydrogens (tertiary/aromatic N) is 3. The molecule has 0 amide bonds. The van der Waals surface area contributed by atoms with Crippen LogP contribution in [0.4, 0.5) is 15.9 Å². The van der Waals surface area contributed by atoms with Gasteiger partial charge in [-0.2, -0.15) is 0 Å². The Labute approximate surface area is 128 Å². The van der Waals surface area contributed by atoms with Crippen LogP contribution in [0.3, 0.4) is 0 Å². The standard InChI is InChI=1S/C14H12BrFN4O/c1-2-21-11-4-3-9(7-10(11)16)18-13-14-17-5-6-20(14)8-12(15)19-13/h3-8H,2H2,1H3,(H,18,19). The van der Waals surface area contributed by atoms with Crippen molar-refractivity contribution in [1.29, 1.82) is 0 Å². The van der Waals surface area contributed by atoms with Gasteiger partial charge >= 0.3 is 0 Å². The van der Waals surface area contributed by atoms with Gasteiger partial charge in [0, 0.05) is 30.3 Å². The average molecular weight is 351 g/mol. The smallest absolute Gasteiger partial charge is 0.180 e. The van der Waals surface area contributed by atoms with Gasteiger partial charge in [-0.15, -0.1) is 0 Å². The third-order valence-corrected chi connectivity index (χ3v) is 3.22. The molecule has 7 heteroatoms. The van der Waals surface area contributed by atoms with Crippen LogP contribution < -0.4 is 10.1 Å². The number of halogens is 2. The van der Waals surface area contributed by atoms with E-state index in [1.807, 2.05) is 17.5 Å². The van der Waals surface area contributed by atoms with Gasteiger partial charge in [-0.25, -0.2) is 14.4 Å². The summed E-state index contributed by atoms with van der Waals surface area (Å²) in [5, 5.41) is 3.06. The van der Waals surface area contributed by atoms with Crippen LogP contribution in [0, 0.1) is 5.82 Å². The fourth-order valence-electron chi connectivity index (χ4n) is 1.97. The quantitative estimate of drug-likeness (QED) is 0.777. The van der Waals surface area contributed by atoms with Gasteiger partial charge in [0.1, 0.15) is 4.60 Å². The van der Waals surface area contributed by atoms with E-state index in [1.54, 1.807) is 24.5 Å². The SMILES string of the molecule is CCOc1ccc(Nc2nc(Br)cn3ccnc23)cc1F. The number of rotatable bonds is 4. The lowest BCUT2D eigenvalue weighted by Crippen LogP contribution is -2.00. The fourth-order valence-corrected chi connectivity index (χ4v) is 2.37. The van der Waals surface area contributed by atoms with Crippen LogP contribution >= 0.6 is 15.9 Å². The van der Waals surface area contributed by atoms with E-state index < -0.39 is 5.82 Å². The molecule has 0 aliphatic carbocycles. The third kappa shape index (κ3) is 2.82. The number of fused-ring (bicyclic) bond motifs is 1. The molecule has 2 heterocycles. The highest BCUT2D eigenvalue weighted by Crippen LogP contribution is 2.25. The maximum atomic E-state index is 13.9. The zero-order chi connectivity index (χ0) is 14.8. The monoisotopic (exact) mass is 350 g/mol. The van der Waals surface area contributed by atoms with Crippen LogP contribution in [-0.4, -0.2) is 21.0 Å². The molecule has 0 aliphatic heterocycles. The lowest BCUT2D eigenvalue weighted by molar-refractivity contribution is 0.321. The van der Waals surface area contributed by atoms with E-state index in [-0.39, 0.29) is 5.75 Å². The van der Waals surface area contributed by atoms with Crippen molar-refractivity contribution in [2.24, 2.45) is 0 Å². The van der Waals surface area contributed by atoms with Crippen LogP contribution in [0.5, 0.6) is 5.75 Å². The Morgan fingerprint density at radius 2 is 2.29 bits per heavy atom. The van der Waals surface area contributed by atoms with Gasteiger partial charge < -0.3 is 14.5 Å². The second-order valence-electron chi connectivity index (χ2n) is 4.27. The summed E-state index contributed by atoms with van der Waals surface area (Å²) in [6.07, 6.45) is 5.28. The zero-order valence-electron chi connectivity index (χ0n) is 11.2. The second kappa shape index (κ2) is 5.69. The molecule has 5 nitrogen and oxygen atoms in total. The van der Waals surface area contributed by atoms with Crippen molar-refractivity contribution >= 4 is 33.1 Å². The molecule has 3 aromatic rings. The summed E-state index contributed by atoms with van der Waals surface area (Å²) in [7, 11) is 0. The lowest BCUT2D eigenvalue weighted by atomic mass is 10.3. The Balaban J connectivity index is 1.95. The number of nitrogens with one attached hydrogen (secondary N) is 1. The predicted molar refractivity (Wildman–Crippen MR) is 81.5 cm³/mol. The van der Waals surface area contributed by atoms with Crippen LogP contribution in [-0.2, 0) is 0 Å². The van der Waals surface area contributed by atoms with Gasteiger partial charge in [0.25, 0.3) is 0 Å². The van der Waals surface area contributed by atoms with E-state index in [0.29, 0.717) is 28.4 Å². The molecule has 0 saturated carbocycles. The molecule has 0 fully saturated rings. The molecule has 1 aromatic carbocycles. The maximum Gasteiger partial charge on any atom is 0.180 e. The third-order valence-electron chi connectivity index (χ3n) is 2.84. The Kier molecular flexibility index (Phi) is 3.74. The van der Waals surface area contributed by atoms with Gasteiger partial charge in [0.2, 0.25) is 0 Å². The molecule has 0 unspecified atom stereocenters. The normalized spacial score (nSPS) is 10.8. The molecule has 0 radical (unpaired) electrons. The van der Waals surface area contributed by atoms with Crippen molar-refractivity contribution in [3.05, 3.63) is 47.2 Å². The summed E-state index contributed by atoms with van der Waals surface area (Å²) >= 11 is 3.33. The molecule has 0 saturated heterocycles. The van der Waals surface area contributed by atoms with Gasteiger partial charge in [0.05, 0.1) is 6.61 Å². The number of hydrogen-bond donors (Lipinski definition) is 1. The van der Waals surface area contributed by atoms with Crippen molar-refractivity contribution < 1.29 is 9.13 Å². The van der Waals surface area contributed by atoms with Crippen molar-refractivity contribution in [3.63, 3.8) is 0 Å². The molecule has 2 aromatic heterocycles. The van der Waals surface area contributed by atoms with Crippen molar-refractivity contribution in [3.8, 4) is 5.75 Å². The minimum atomic E-state index is -0.420. The summed E-state index contributed by atoms with van der Waals surface area (Å²) in [5.74, 6) is 0.352. The summed E-state index contributed by atoms with van der Waals surface area (Å²) < 4.78 is 21.5. The first kappa shape index (κ1) is 13.8. The van der Waals surface area contributed by atoms with Gasteiger partial charge in [-0.3, -0.25) is 0 Å². The fraction of sp³-hybridized carbons (Fsp3) is 0.143. The molecule has 1 N–H and O–H groups in total. The van der Waals surface area contributed by atoms with Crippen LogP contribution in [0.2, 0.25) is 0 Å². The van der Waals surface area contributed by atoms with Crippen molar-refractivity contribution in [1.82, 2.24) is 14.4 Å². The minimum Gasteiger partial charge on any atom is -0.491 e. The predicted octanol–water partition coefficient (Wildman–Crippen LogP) is 3.77. The van der Waals surface area contributed by atoms with E-state index in [0.717, 1.165) is 0 Å². The molecule has 3 rings (SSSR count). The summed E-state index contributed by atoms with van der Waals surface area (Å²) in [6.45, 7) is 2.23. The lowest BCUT2D eigenvalue weighted by Gasteiger charge is -2.10. The number of imidazole rings is 1. The Morgan fingerprint density at radius 3 is 3.05 bits per heavy atom. The molecule has 0 aliphatic rings. The van der Waals surface area contributed by atoms with Gasteiger partial charge in [0.15, 0.2) is 23.0 Å². The van der Waals surface area contributed by atoms with E-state index in [2.05, 4.69) is 31.2 Å². The summed E-state index contributed by atoms with van der Waals surface area (Å²) in [5.41, 5.74) is 1.24. The molecular formula is C14H12BrFN4O. The number of ether oxygens (including phenoxy) is 1. The van der Waals surface area contributed by atoms with E-state index >= 15 is 0 Å². The maximum absolute atomic E-state index is 13.9. The van der Waals surface area contributed by atoms with Crippen LogP contribution in [0.25, 0.3) is 5.65 Å². The number of benzene rings is 1. The van der Waals surface area contributed by atoms with E-state index in [9.17, 15) is 4.39 Å². The average Bonchev–Trinajstić information content (AvgIpc) is 2.90. The molecule has 0 bridgehead atoms. The first-order valence-corrected chi connectivity index (χ1v) is 7.15. The van der Waals surface area contributed by atoms with Gasteiger partial charge in [-0.05, 0) is 35.0 Å². The topological polar surface area (TPSA) is 51.5 Å². The molecule has 21 heavy (non-hydrogen) atoms. The van der Waals surface area contributed by atoms with Crippen LogP contribution in [0.15, 0.2) is 41.4 Å². The highest BCUT2D eigenvalue weighted by molar-refractivity contribution is 9.10. The summed E-state index contributed by atoms with van der Waals surface area (Å²) in [6, 6.07) is 4.69. The molecular weight excluding hydrogens is 339 g/mol. The first-order chi connectivity index (χ1) is 10.2. The van der Waals surface area contributed by atoms with E-state index in [1.165, 1.54) is 6.07 Å². The first-order valence-electron chi connectivity index (χ1n) is 6.36. The number of anilines is 2. The number of aromatic nitrogens is 3. The van der Waals surface area contributed by atoms with Gasteiger partial charge in [-0.1, -0.05) is 0 Å². The highest BCUT2D eigenvalue weighted by atomic mass is 79.9. The molecule has 0 spiro atoms. The van der Waals surface area contributed by atoms with E-state index in [4.69, 9.17) is 4.74 Å². The Morgan fingerprint density at radius 1 is 1.43 bits per heavy atom. The Hall–Kier alpha value is -2.15. The summed E-state index contributed by atoms with van der Waals surface area (Å²) in [4.78, 5) is 8.55. The van der Waals surface area contributed by atoms with Crippen molar-refractivity contribution in [2.75, 3.05) is 11.9 Å².